The molecule has 1 aromatic heterocycles. The van der Waals surface area contributed by atoms with Gasteiger partial charge in [-0.05, 0) is 12.1 Å². The molecule has 0 aliphatic carbocycles. The third kappa shape index (κ3) is 3.11. The van der Waals surface area contributed by atoms with Crippen molar-refractivity contribution in [2.75, 3.05) is 11.8 Å². The first kappa shape index (κ1) is 15.2. The molecule has 0 aliphatic heterocycles. The summed E-state index contributed by atoms with van der Waals surface area (Å²) in [5.41, 5.74) is -0.133. The van der Waals surface area contributed by atoms with E-state index in [2.05, 4.69) is 9.71 Å². The van der Waals surface area contributed by atoms with Gasteiger partial charge < -0.3 is 14.8 Å². The zero-order valence-corrected chi connectivity index (χ0v) is 12.3. The zero-order chi connectivity index (χ0) is 15.6. The smallest absolute Gasteiger partial charge is 0.339 e. The highest BCUT2D eigenvalue weighted by Gasteiger charge is 2.20. The van der Waals surface area contributed by atoms with Crippen molar-refractivity contribution in [1.29, 1.82) is 0 Å². The lowest BCUT2D eigenvalue weighted by Gasteiger charge is -2.12. The van der Waals surface area contributed by atoms with Crippen LogP contribution >= 0.6 is 11.6 Å². The van der Waals surface area contributed by atoms with Crippen LogP contribution < -0.4 is 9.46 Å². The van der Waals surface area contributed by atoms with Crippen LogP contribution in [0.15, 0.2) is 35.5 Å². The quantitative estimate of drug-likeness (QED) is 0.778. The molecule has 112 valence electrons. The number of benzene rings is 1. The van der Waals surface area contributed by atoms with Gasteiger partial charge in [0.2, 0.25) is 0 Å². The number of carboxylic acids is 1. The normalized spacial score (nSPS) is 11.1. The maximum absolute atomic E-state index is 12.1. The predicted octanol–water partition coefficient (Wildman–Crippen LogP) is 2.18. The number of rotatable bonds is 5. The van der Waals surface area contributed by atoms with E-state index in [4.69, 9.17) is 21.4 Å². The van der Waals surface area contributed by atoms with Crippen molar-refractivity contribution >= 4 is 33.3 Å². The summed E-state index contributed by atoms with van der Waals surface area (Å²) in [7, 11) is -2.54. The van der Waals surface area contributed by atoms with Gasteiger partial charge in [0.1, 0.15) is 16.2 Å². The number of carboxylic acid groups (broad SMARTS) is 1. The topological polar surface area (TPSA) is 108 Å². The van der Waals surface area contributed by atoms with Crippen LogP contribution in [0.3, 0.4) is 0 Å². The Kier molecular flexibility index (Phi) is 4.10. The average Bonchev–Trinajstić information content (AvgIpc) is 2.95. The number of sulfonamides is 1. The van der Waals surface area contributed by atoms with Crippen LogP contribution in [0.1, 0.15) is 10.4 Å². The second kappa shape index (κ2) is 5.66. The summed E-state index contributed by atoms with van der Waals surface area (Å²) in [6, 6.07) is 3.72. The van der Waals surface area contributed by atoms with E-state index < -0.39 is 16.0 Å². The number of halogens is 1. The van der Waals surface area contributed by atoms with Crippen molar-refractivity contribution in [2.24, 2.45) is 0 Å². The van der Waals surface area contributed by atoms with Crippen molar-refractivity contribution in [3.05, 3.63) is 41.2 Å². The predicted molar refractivity (Wildman–Crippen MR) is 76.6 cm³/mol. The van der Waals surface area contributed by atoms with E-state index in [1.165, 1.54) is 31.6 Å². The fraction of sp³-hybridized carbons (Fsp3) is 0.0833. The minimum Gasteiger partial charge on any atom is -0.496 e. The second-order valence-electron chi connectivity index (χ2n) is 3.99. The Bertz CT molecular complexity index is 771. The standard InChI is InChI=1S/C12H11ClN2O5S/c1-20-11-5-10(9(13)4-8(11)12(16)17)15-21(18,19)7-2-3-14-6-7/h2-6,14-15H,1H3,(H,16,17). The van der Waals surface area contributed by atoms with Crippen molar-refractivity contribution in [3.63, 3.8) is 0 Å². The number of ether oxygens (including phenoxy) is 1. The minimum atomic E-state index is -3.82. The largest absolute Gasteiger partial charge is 0.496 e. The molecule has 2 rings (SSSR count). The Hall–Kier alpha value is -2.19. The molecule has 0 radical (unpaired) electrons. The molecule has 1 aromatic carbocycles. The van der Waals surface area contributed by atoms with Crippen molar-refractivity contribution in [3.8, 4) is 5.75 Å². The first-order valence-electron chi connectivity index (χ1n) is 5.61. The molecule has 1 heterocycles. The van der Waals surface area contributed by atoms with Gasteiger partial charge in [0, 0.05) is 18.5 Å². The van der Waals surface area contributed by atoms with Gasteiger partial charge in [0.15, 0.2) is 0 Å². The van der Waals surface area contributed by atoms with Crippen LogP contribution in [-0.4, -0.2) is 31.6 Å². The molecule has 21 heavy (non-hydrogen) atoms. The summed E-state index contributed by atoms with van der Waals surface area (Å²) in [5.74, 6) is -1.23. The summed E-state index contributed by atoms with van der Waals surface area (Å²) in [5, 5.41) is 8.96. The van der Waals surface area contributed by atoms with Gasteiger partial charge in [0.05, 0.1) is 17.8 Å². The molecule has 0 unspecified atom stereocenters. The summed E-state index contributed by atoms with van der Waals surface area (Å²) >= 11 is 5.92. The maximum atomic E-state index is 12.1. The van der Waals surface area contributed by atoms with E-state index in [-0.39, 0.29) is 26.9 Å². The molecule has 0 spiro atoms. The first-order chi connectivity index (χ1) is 9.85. The van der Waals surface area contributed by atoms with Crippen LogP contribution in [0, 0.1) is 0 Å². The second-order valence-corrected chi connectivity index (χ2v) is 6.08. The van der Waals surface area contributed by atoms with E-state index in [9.17, 15) is 13.2 Å². The van der Waals surface area contributed by atoms with Gasteiger partial charge in [-0.1, -0.05) is 11.6 Å². The van der Waals surface area contributed by atoms with Crippen LogP contribution in [0.5, 0.6) is 5.75 Å². The number of nitrogens with one attached hydrogen (secondary N) is 2. The van der Waals surface area contributed by atoms with Gasteiger partial charge in [-0.2, -0.15) is 0 Å². The number of aromatic nitrogens is 1. The number of H-pyrrole nitrogens is 1. The highest BCUT2D eigenvalue weighted by Crippen LogP contribution is 2.32. The molecule has 0 saturated heterocycles. The Morgan fingerprint density at radius 1 is 1.43 bits per heavy atom. The zero-order valence-electron chi connectivity index (χ0n) is 10.8. The molecular formula is C12H11ClN2O5S. The van der Waals surface area contributed by atoms with Crippen molar-refractivity contribution < 1.29 is 23.1 Å². The number of hydrogen-bond donors (Lipinski definition) is 3. The molecule has 9 heteroatoms. The molecule has 0 saturated carbocycles. The summed E-state index contributed by atoms with van der Waals surface area (Å²) < 4.78 is 31.4. The molecule has 0 fully saturated rings. The van der Waals surface area contributed by atoms with Crippen LogP contribution in [-0.2, 0) is 10.0 Å². The lowest BCUT2D eigenvalue weighted by molar-refractivity contribution is 0.0693. The number of aromatic amines is 1. The SMILES string of the molecule is COc1cc(NS(=O)(=O)c2cc[nH]c2)c(Cl)cc1C(=O)O. The molecule has 0 atom stereocenters. The molecule has 0 aliphatic rings. The number of aromatic carboxylic acids is 1. The number of hydrogen-bond acceptors (Lipinski definition) is 4. The molecule has 3 N–H and O–H groups in total. The Balaban J connectivity index is 2.44. The Morgan fingerprint density at radius 2 is 2.14 bits per heavy atom. The van der Waals surface area contributed by atoms with E-state index in [0.29, 0.717) is 0 Å². The van der Waals surface area contributed by atoms with E-state index in [0.717, 1.165) is 6.07 Å². The van der Waals surface area contributed by atoms with Gasteiger partial charge in [-0.3, -0.25) is 4.72 Å². The fourth-order valence-corrected chi connectivity index (χ4v) is 2.96. The van der Waals surface area contributed by atoms with Gasteiger partial charge in [-0.15, -0.1) is 0 Å². The Labute approximate surface area is 125 Å². The summed E-state index contributed by atoms with van der Waals surface area (Å²) in [6.45, 7) is 0. The molecule has 0 bridgehead atoms. The van der Waals surface area contributed by atoms with Gasteiger partial charge in [0.25, 0.3) is 10.0 Å². The van der Waals surface area contributed by atoms with Crippen LogP contribution in [0.4, 0.5) is 5.69 Å². The fourth-order valence-electron chi connectivity index (χ4n) is 1.65. The molecule has 2 aromatic rings. The number of methoxy groups -OCH3 is 1. The third-order valence-electron chi connectivity index (χ3n) is 2.64. The summed E-state index contributed by atoms with van der Waals surface area (Å²) in [4.78, 5) is 13.7. The Morgan fingerprint density at radius 3 is 2.67 bits per heavy atom. The molecule has 0 amide bonds. The lowest BCUT2D eigenvalue weighted by Crippen LogP contribution is -2.13. The van der Waals surface area contributed by atoms with Crippen LogP contribution in [0.25, 0.3) is 0 Å². The van der Waals surface area contributed by atoms with Gasteiger partial charge >= 0.3 is 5.97 Å². The van der Waals surface area contributed by atoms with E-state index in [1.54, 1.807) is 0 Å². The van der Waals surface area contributed by atoms with E-state index in [1.807, 2.05) is 0 Å². The minimum absolute atomic E-state index is 0.00123. The van der Waals surface area contributed by atoms with Gasteiger partial charge in [-0.25, -0.2) is 13.2 Å². The highest BCUT2D eigenvalue weighted by molar-refractivity contribution is 7.92. The monoisotopic (exact) mass is 330 g/mol. The summed E-state index contributed by atoms with van der Waals surface area (Å²) in [6.07, 6.45) is 2.77. The van der Waals surface area contributed by atoms with Crippen molar-refractivity contribution in [2.45, 2.75) is 4.90 Å². The van der Waals surface area contributed by atoms with Crippen molar-refractivity contribution in [1.82, 2.24) is 4.98 Å². The lowest BCUT2D eigenvalue weighted by atomic mass is 10.2. The average molecular weight is 331 g/mol. The first-order valence-corrected chi connectivity index (χ1v) is 7.47. The van der Waals surface area contributed by atoms with Crippen LogP contribution in [0.2, 0.25) is 5.02 Å². The highest BCUT2D eigenvalue weighted by atomic mass is 35.5. The number of anilines is 1. The van der Waals surface area contributed by atoms with E-state index >= 15 is 0 Å². The number of carbonyl (C=O) groups is 1. The molecule has 7 nitrogen and oxygen atoms in total. The maximum Gasteiger partial charge on any atom is 0.339 e. The molecular weight excluding hydrogens is 320 g/mol. The third-order valence-corrected chi connectivity index (χ3v) is 4.32.